The molecule has 2 aliphatic heterocycles. The van der Waals surface area contributed by atoms with Crippen molar-refractivity contribution in [1.82, 2.24) is 15.1 Å². The van der Waals surface area contributed by atoms with Gasteiger partial charge in [-0.25, -0.2) is 0 Å². The normalized spacial score (nSPS) is 38.1. The van der Waals surface area contributed by atoms with Gasteiger partial charge in [-0.3, -0.25) is 9.80 Å². The van der Waals surface area contributed by atoms with Crippen LogP contribution in [0.1, 0.15) is 51.9 Å². The summed E-state index contributed by atoms with van der Waals surface area (Å²) in [6.07, 6.45) is 9.90. The Labute approximate surface area is 118 Å². The van der Waals surface area contributed by atoms with Crippen LogP contribution in [-0.4, -0.2) is 60.6 Å². The number of nitrogens with zero attached hydrogens (tertiary/aromatic N) is 2. The van der Waals surface area contributed by atoms with Crippen LogP contribution in [0.3, 0.4) is 0 Å². The summed E-state index contributed by atoms with van der Waals surface area (Å²) in [6.45, 7) is 8.80. The van der Waals surface area contributed by atoms with Crippen molar-refractivity contribution in [3.05, 3.63) is 0 Å². The average molecular weight is 265 g/mol. The SMILES string of the molecule is CCNC1CCC(N2CCCN3CCCC3C2)CC1. The summed E-state index contributed by atoms with van der Waals surface area (Å²) < 4.78 is 0. The smallest absolute Gasteiger partial charge is 0.0223 e. The van der Waals surface area contributed by atoms with Gasteiger partial charge in [-0.05, 0) is 71.1 Å². The number of hydrogen-bond donors (Lipinski definition) is 1. The lowest BCUT2D eigenvalue weighted by molar-refractivity contribution is 0.131. The first-order valence-electron chi connectivity index (χ1n) is 8.58. The molecular formula is C16H31N3. The zero-order valence-electron chi connectivity index (χ0n) is 12.6. The first-order valence-corrected chi connectivity index (χ1v) is 8.58. The lowest BCUT2D eigenvalue weighted by atomic mass is 9.89. The monoisotopic (exact) mass is 265 g/mol. The zero-order valence-corrected chi connectivity index (χ0v) is 12.6. The van der Waals surface area contributed by atoms with Gasteiger partial charge in [-0.2, -0.15) is 0 Å². The van der Waals surface area contributed by atoms with E-state index in [4.69, 9.17) is 0 Å². The molecule has 1 atom stereocenters. The van der Waals surface area contributed by atoms with Gasteiger partial charge in [0.1, 0.15) is 0 Å². The molecular weight excluding hydrogens is 234 g/mol. The molecule has 3 nitrogen and oxygen atoms in total. The molecule has 3 fully saturated rings. The Bertz CT molecular complexity index is 273. The van der Waals surface area contributed by atoms with Crippen LogP contribution >= 0.6 is 0 Å². The molecule has 19 heavy (non-hydrogen) atoms. The van der Waals surface area contributed by atoms with Gasteiger partial charge in [0.2, 0.25) is 0 Å². The standard InChI is InChI=1S/C16H31N3/c1-2-17-14-6-8-15(9-7-14)19-12-4-11-18-10-3-5-16(18)13-19/h14-17H,2-13H2,1H3. The Morgan fingerprint density at radius 2 is 1.58 bits per heavy atom. The second-order valence-electron chi connectivity index (χ2n) is 6.74. The minimum Gasteiger partial charge on any atom is -0.314 e. The molecule has 110 valence electrons. The molecule has 0 aromatic carbocycles. The topological polar surface area (TPSA) is 18.5 Å². The van der Waals surface area contributed by atoms with E-state index in [1.165, 1.54) is 71.1 Å². The Balaban J connectivity index is 1.51. The van der Waals surface area contributed by atoms with E-state index >= 15 is 0 Å². The molecule has 2 saturated heterocycles. The maximum atomic E-state index is 3.63. The number of rotatable bonds is 3. The van der Waals surface area contributed by atoms with Gasteiger partial charge >= 0.3 is 0 Å². The van der Waals surface area contributed by atoms with Gasteiger partial charge in [-0.1, -0.05) is 6.92 Å². The maximum absolute atomic E-state index is 3.63. The molecule has 3 rings (SSSR count). The van der Waals surface area contributed by atoms with Gasteiger partial charge in [-0.15, -0.1) is 0 Å². The van der Waals surface area contributed by atoms with Gasteiger partial charge in [0.25, 0.3) is 0 Å². The quantitative estimate of drug-likeness (QED) is 0.843. The van der Waals surface area contributed by atoms with Crippen molar-refractivity contribution in [2.45, 2.75) is 70.0 Å². The Morgan fingerprint density at radius 1 is 0.842 bits per heavy atom. The molecule has 1 unspecified atom stereocenters. The summed E-state index contributed by atoms with van der Waals surface area (Å²) in [5.74, 6) is 0. The van der Waals surface area contributed by atoms with Crippen molar-refractivity contribution in [2.24, 2.45) is 0 Å². The van der Waals surface area contributed by atoms with Crippen molar-refractivity contribution in [3.63, 3.8) is 0 Å². The fourth-order valence-electron chi connectivity index (χ4n) is 4.50. The lowest BCUT2D eigenvalue weighted by Crippen LogP contribution is -2.45. The Hall–Kier alpha value is -0.120. The van der Waals surface area contributed by atoms with Crippen LogP contribution in [0.2, 0.25) is 0 Å². The summed E-state index contributed by atoms with van der Waals surface area (Å²) in [5, 5.41) is 3.63. The van der Waals surface area contributed by atoms with Crippen LogP contribution in [0.25, 0.3) is 0 Å². The van der Waals surface area contributed by atoms with Crippen LogP contribution in [0.15, 0.2) is 0 Å². The molecule has 2 heterocycles. The van der Waals surface area contributed by atoms with Crippen LogP contribution in [0.5, 0.6) is 0 Å². The van der Waals surface area contributed by atoms with E-state index in [9.17, 15) is 0 Å². The predicted molar refractivity (Wildman–Crippen MR) is 80.5 cm³/mol. The molecule has 1 N–H and O–H groups in total. The third kappa shape index (κ3) is 3.32. The fourth-order valence-corrected chi connectivity index (χ4v) is 4.50. The van der Waals surface area contributed by atoms with Gasteiger partial charge in [0, 0.05) is 24.7 Å². The minimum absolute atomic E-state index is 0.802. The van der Waals surface area contributed by atoms with E-state index in [2.05, 4.69) is 22.0 Å². The molecule has 0 spiro atoms. The maximum Gasteiger partial charge on any atom is 0.0223 e. The van der Waals surface area contributed by atoms with Crippen molar-refractivity contribution < 1.29 is 0 Å². The first-order chi connectivity index (χ1) is 9.36. The van der Waals surface area contributed by atoms with Crippen LogP contribution in [0, 0.1) is 0 Å². The third-order valence-electron chi connectivity index (χ3n) is 5.54. The van der Waals surface area contributed by atoms with E-state index in [0.717, 1.165) is 24.7 Å². The van der Waals surface area contributed by atoms with Crippen molar-refractivity contribution in [2.75, 3.05) is 32.7 Å². The first kappa shape index (κ1) is 13.8. The van der Waals surface area contributed by atoms with Crippen molar-refractivity contribution in [1.29, 1.82) is 0 Å². The molecule has 0 radical (unpaired) electrons. The number of fused-ring (bicyclic) bond motifs is 1. The number of hydrogen-bond acceptors (Lipinski definition) is 3. The van der Waals surface area contributed by atoms with Crippen molar-refractivity contribution in [3.8, 4) is 0 Å². The Morgan fingerprint density at radius 3 is 2.37 bits per heavy atom. The predicted octanol–water partition coefficient (Wildman–Crippen LogP) is 2.08. The summed E-state index contributed by atoms with van der Waals surface area (Å²) in [7, 11) is 0. The summed E-state index contributed by atoms with van der Waals surface area (Å²) in [4.78, 5) is 5.60. The molecule has 0 amide bonds. The molecule has 3 heteroatoms. The van der Waals surface area contributed by atoms with E-state index in [0.29, 0.717) is 0 Å². The molecule has 0 aromatic heterocycles. The molecule has 1 saturated carbocycles. The number of nitrogens with one attached hydrogen (secondary N) is 1. The summed E-state index contributed by atoms with van der Waals surface area (Å²) >= 11 is 0. The third-order valence-corrected chi connectivity index (χ3v) is 5.54. The van der Waals surface area contributed by atoms with Crippen LogP contribution in [-0.2, 0) is 0 Å². The van der Waals surface area contributed by atoms with E-state index in [-0.39, 0.29) is 0 Å². The summed E-state index contributed by atoms with van der Waals surface area (Å²) in [6, 6.07) is 2.57. The van der Waals surface area contributed by atoms with Crippen LogP contribution in [0.4, 0.5) is 0 Å². The van der Waals surface area contributed by atoms with E-state index in [1.807, 2.05) is 0 Å². The average Bonchev–Trinajstić information content (AvgIpc) is 2.77. The van der Waals surface area contributed by atoms with Gasteiger partial charge in [0.05, 0.1) is 0 Å². The zero-order chi connectivity index (χ0) is 13.1. The molecule has 0 bridgehead atoms. The molecule has 1 aliphatic carbocycles. The highest BCUT2D eigenvalue weighted by atomic mass is 15.3. The molecule has 3 aliphatic rings. The lowest BCUT2D eigenvalue weighted by Gasteiger charge is -2.37. The largest absolute Gasteiger partial charge is 0.314 e. The fraction of sp³-hybridized carbons (Fsp3) is 1.00. The summed E-state index contributed by atoms with van der Waals surface area (Å²) in [5.41, 5.74) is 0. The van der Waals surface area contributed by atoms with Crippen LogP contribution < -0.4 is 5.32 Å². The highest BCUT2D eigenvalue weighted by Gasteiger charge is 2.32. The second-order valence-corrected chi connectivity index (χ2v) is 6.74. The van der Waals surface area contributed by atoms with Gasteiger partial charge in [0.15, 0.2) is 0 Å². The highest BCUT2D eigenvalue weighted by Crippen LogP contribution is 2.28. The van der Waals surface area contributed by atoms with E-state index in [1.54, 1.807) is 0 Å². The minimum atomic E-state index is 0.802. The highest BCUT2D eigenvalue weighted by molar-refractivity contribution is 4.89. The second kappa shape index (κ2) is 6.55. The van der Waals surface area contributed by atoms with Gasteiger partial charge < -0.3 is 5.32 Å². The van der Waals surface area contributed by atoms with Crippen molar-refractivity contribution >= 4 is 0 Å². The van der Waals surface area contributed by atoms with E-state index < -0.39 is 0 Å². The Kier molecular flexibility index (Phi) is 4.78. The molecule has 0 aromatic rings.